The highest BCUT2D eigenvalue weighted by molar-refractivity contribution is 6.67. The predicted molar refractivity (Wildman–Crippen MR) is 50.4 cm³/mol. The van der Waals surface area contributed by atoms with Crippen molar-refractivity contribution in [1.29, 1.82) is 0 Å². The number of nitro groups is 1. The molecule has 0 radical (unpaired) electrons. The van der Waals surface area contributed by atoms with Gasteiger partial charge in [-0.15, -0.1) is 0 Å². The number of hydrogen-bond donors (Lipinski definition) is 1. The third-order valence-corrected chi connectivity index (χ3v) is 1.89. The third-order valence-electron chi connectivity index (χ3n) is 1.71. The van der Waals surface area contributed by atoms with Crippen LogP contribution in [0.25, 0.3) is 0 Å². The van der Waals surface area contributed by atoms with Crippen LogP contribution in [0, 0.1) is 10.1 Å². The summed E-state index contributed by atoms with van der Waals surface area (Å²) in [5.41, 5.74) is 1.50. The minimum atomic E-state index is -3.20. The predicted octanol–water partition coefficient (Wildman–Crippen LogP) is 1.89. The Labute approximate surface area is 92.2 Å². The molecule has 0 aromatic carbocycles. The van der Waals surface area contributed by atoms with Crippen molar-refractivity contribution in [2.45, 2.75) is 6.43 Å². The molecule has 0 aliphatic heterocycles. The molecule has 0 saturated carbocycles. The first kappa shape index (κ1) is 12.2. The second-order valence-corrected chi connectivity index (χ2v) is 3.00. The molecule has 16 heavy (non-hydrogen) atoms. The number of aromatic nitrogens is 1. The van der Waals surface area contributed by atoms with E-state index in [1.165, 1.54) is 0 Å². The van der Waals surface area contributed by atoms with Crippen LogP contribution in [0.15, 0.2) is 6.20 Å². The van der Waals surface area contributed by atoms with Crippen LogP contribution in [0.3, 0.4) is 0 Å². The smallest absolute Gasteiger partial charge is 0.310 e. The molecule has 0 aliphatic rings. The molecule has 0 unspecified atom stereocenters. The minimum absolute atomic E-state index is 0.566. The number of alkyl halides is 2. The quantitative estimate of drug-likeness (QED) is 0.502. The van der Waals surface area contributed by atoms with Gasteiger partial charge >= 0.3 is 5.69 Å². The fraction of sp³-hybridized carbons (Fsp3) is 0.143. The van der Waals surface area contributed by atoms with Crippen LogP contribution in [-0.2, 0) is 0 Å². The summed E-state index contributed by atoms with van der Waals surface area (Å²) < 4.78 is 25.1. The van der Waals surface area contributed by atoms with Crippen LogP contribution in [0.4, 0.5) is 20.2 Å². The maximum absolute atomic E-state index is 12.5. The number of pyridine rings is 1. The van der Waals surface area contributed by atoms with E-state index in [0.717, 1.165) is 6.20 Å². The van der Waals surface area contributed by atoms with Gasteiger partial charge in [0, 0.05) is 0 Å². The van der Waals surface area contributed by atoms with Crippen molar-refractivity contribution in [1.82, 2.24) is 4.98 Å². The van der Waals surface area contributed by atoms with Gasteiger partial charge in [0.25, 0.3) is 11.7 Å². The van der Waals surface area contributed by atoms with Gasteiger partial charge in [-0.05, 0) is 11.6 Å². The van der Waals surface area contributed by atoms with E-state index < -0.39 is 39.2 Å². The first-order chi connectivity index (χ1) is 7.36. The molecule has 9 heteroatoms. The summed E-state index contributed by atoms with van der Waals surface area (Å²) in [6, 6.07) is 0. The topological polar surface area (TPSA) is 99.1 Å². The van der Waals surface area contributed by atoms with Crippen LogP contribution in [0.1, 0.15) is 22.5 Å². The highest BCUT2D eigenvalue weighted by Crippen LogP contribution is 2.35. The van der Waals surface area contributed by atoms with Crippen molar-refractivity contribution in [2.24, 2.45) is 0 Å². The van der Waals surface area contributed by atoms with Crippen molar-refractivity contribution in [2.75, 3.05) is 5.73 Å². The fourth-order valence-electron chi connectivity index (χ4n) is 1.09. The Hall–Kier alpha value is -1.83. The third kappa shape index (κ3) is 2.06. The highest BCUT2D eigenvalue weighted by Gasteiger charge is 2.32. The van der Waals surface area contributed by atoms with E-state index in [1.807, 2.05) is 0 Å². The summed E-state index contributed by atoms with van der Waals surface area (Å²) >= 11 is 4.99. The molecule has 1 rings (SSSR count). The summed E-state index contributed by atoms with van der Waals surface area (Å²) in [4.78, 5) is 23.4. The SMILES string of the molecule is Nc1cnc(C(=O)Cl)c([N+](=O)[O-])c1C(F)F. The standard InChI is InChI=1S/C7H4ClF2N3O3/c8-6(14)4-5(13(15)16)3(7(9)10)2(11)1-12-4/h1,7H,11H2. The number of halogens is 3. The molecular formula is C7H4ClF2N3O3. The Bertz CT molecular complexity index is 466. The molecule has 0 amide bonds. The lowest BCUT2D eigenvalue weighted by atomic mass is 10.1. The normalized spacial score (nSPS) is 10.5. The van der Waals surface area contributed by atoms with E-state index in [0.29, 0.717) is 0 Å². The number of nitrogens with zero attached hydrogens (tertiary/aromatic N) is 2. The Morgan fingerprint density at radius 2 is 2.19 bits per heavy atom. The maximum Gasteiger partial charge on any atom is 0.310 e. The maximum atomic E-state index is 12.5. The molecule has 2 N–H and O–H groups in total. The van der Waals surface area contributed by atoms with Gasteiger partial charge in [-0.3, -0.25) is 14.9 Å². The van der Waals surface area contributed by atoms with Gasteiger partial charge in [0.1, 0.15) is 5.56 Å². The van der Waals surface area contributed by atoms with Gasteiger partial charge in [0.15, 0.2) is 0 Å². The second kappa shape index (κ2) is 4.35. The van der Waals surface area contributed by atoms with Crippen LogP contribution in [0.5, 0.6) is 0 Å². The van der Waals surface area contributed by atoms with E-state index in [-0.39, 0.29) is 0 Å². The lowest BCUT2D eigenvalue weighted by molar-refractivity contribution is -0.386. The van der Waals surface area contributed by atoms with Crippen molar-refractivity contribution in [3.8, 4) is 0 Å². The van der Waals surface area contributed by atoms with E-state index >= 15 is 0 Å². The zero-order chi connectivity index (χ0) is 12.5. The molecule has 0 aliphatic carbocycles. The number of hydrogen-bond acceptors (Lipinski definition) is 5. The average Bonchev–Trinajstić information content (AvgIpc) is 2.15. The first-order valence-corrected chi connectivity index (χ1v) is 4.14. The van der Waals surface area contributed by atoms with Crippen LogP contribution >= 0.6 is 11.6 Å². The largest absolute Gasteiger partial charge is 0.397 e. The molecule has 86 valence electrons. The molecule has 0 atom stereocenters. The first-order valence-electron chi connectivity index (χ1n) is 3.77. The Morgan fingerprint density at radius 3 is 2.56 bits per heavy atom. The van der Waals surface area contributed by atoms with E-state index in [1.54, 1.807) is 0 Å². The summed E-state index contributed by atoms with van der Waals surface area (Å²) in [5, 5.41) is 9.27. The number of nitrogens with two attached hydrogens (primary N) is 1. The summed E-state index contributed by atoms with van der Waals surface area (Å²) in [7, 11) is 0. The van der Waals surface area contributed by atoms with Crippen LogP contribution in [-0.4, -0.2) is 15.1 Å². The second-order valence-electron chi connectivity index (χ2n) is 2.66. The average molecular weight is 252 g/mol. The van der Waals surface area contributed by atoms with Crippen molar-refractivity contribution in [3.05, 3.63) is 27.6 Å². The number of anilines is 1. The molecule has 1 aromatic heterocycles. The summed E-state index contributed by atoms with van der Waals surface area (Å²) in [6.07, 6.45) is -2.47. The molecule has 0 bridgehead atoms. The number of carbonyl (C=O) groups is 1. The van der Waals surface area contributed by atoms with Crippen molar-refractivity contribution in [3.63, 3.8) is 0 Å². The lowest BCUT2D eigenvalue weighted by Gasteiger charge is -2.06. The van der Waals surface area contributed by atoms with Gasteiger partial charge in [-0.1, -0.05) is 0 Å². The molecule has 0 spiro atoms. The van der Waals surface area contributed by atoms with Crippen LogP contribution in [0.2, 0.25) is 0 Å². The zero-order valence-electron chi connectivity index (χ0n) is 7.49. The highest BCUT2D eigenvalue weighted by atomic mass is 35.5. The number of rotatable bonds is 3. The fourth-order valence-corrected chi connectivity index (χ4v) is 1.23. The minimum Gasteiger partial charge on any atom is -0.397 e. The van der Waals surface area contributed by atoms with E-state index in [4.69, 9.17) is 17.3 Å². The molecule has 1 heterocycles. The van der Waals surface area contributed by atoms with Gasteiger partial charge in [0.05, 0.1) is 16.8 Å². The van der Waals surface area contributed by atoms with Gasteiger partial charge in [-0.25, -0.2) is 13.8 Å². The van der Waals surface area contributed by atoms with Gasteiger partial charge in [0.2, 0.25) is 5.69 Å². The molecular weight excluding hydrogens is 248 g/mol. The number of carbonyl (C=O) groups excluding carboxylic acids is 1. The van der Waals surface area contributed by atoms with Gasteiger partial charge < -0.3 is 5.73 Å². The summed E-state index contributed by atoms with van der Waals surface area (Å²) in [5.74, 6) is 0. The lowest BCUT2D eigenvalue weighted by Crippen LogP contribution is -2.08. The van der Waals surface area contributed by atoms with E-state index in [2.05, 4.69) is 4.98 Å². The monoisotopic (exact) mass is 251 g/mol. The van der Waals surface area contributed by atoms with Gasteiger partial charge in [-0.2, -0.15) is 0 Å². The number of nitrogen functional groups attached to an aromatic ring is 1. The molecule has 6 nitrogen and oxygen atoms in total. The Kier molecular flexibility index (Phi) is 3.33. The molecule has 0 fully saturated rings. The Balaban J connectivity index is 3.63. The Morgan fingerprint density at radius 1 is 1.62 bits per heavy atom. The van der Waals surface area contributed by atoms with Crippen molar-refractivity contribution >= 4 is 28.2 Å². The zero-order valence-corrected chi connectivity index (χ0v) is 8.24. The molecule has 1 aromatic rings. The van der Waals surface area contributed by atoms with Crippen LogP contribution < -0.4 is 5.73 Å². The molecule has 0 saturated heterocycles. The summed E-state index contributed by atoms with van der Waals surface area (Å²) in [6.45, 7) is 0. The van der Waals surface area contributed by atoms with E-state index in [9.17, 15) is 23.7 Å². The van der Waals surface area contributed by atoms with Crippen molar-refractivity contribution < 1.29 is 18.5 Å².